The molecule has 0 saturated carbocycles. The van der Waals surface area contributed by atoms with Gasteiger partial charge in [-0.15, -0.1) is 0 Å². The summed E-state index contributed by atoms with van der Waals surface area (Å²) in [5.74, 6) is 0.884. The van der Waals surface area contributed by atoms with Gasteiger partial charge in [-0.05, 0) is 6.42 Å². The molecule has 0 aromatic heterocycles. The van der Waals surface area contributed by atoms with Gasteiger partial charge >= 0.3 is 0 Å². The highest BCUT2D eigenvalue weighted by Crippen LogP contribution is 2.49. The Morgan fingerprint density at radius 1 is 0.440 bits per heavy atom. The number of unbranched alkanes of at least 4 members (excludes halogenated alkanes) is 15. The summed E-state index contributed by atoms with van der Waals surface area (Å²) < 4.78 is 16.2. The summed E-state index contributed by atoms with van der Waals surface area (Å²) in [6.07, 6.45) is 22.3. The first-order chi connectivity index (χ1) is 12.2. The van der Waals surface area contributed by atoms with E-state index in [0.717, 1.165) is 12.2 Å². The molecule has 0 saturated heterocycles. The van der Waals surface area contributed by atoms with Crippen LogP contribution in [0.25, 0.3) is 0 Å². The van der Waals surface area contributed by atoms with Crippen molar-refractivity contribution in [2.24, 2.45) is 0 Å². The zero-order valence-electron chi connectivity index (χ0n) is 17.7. The molecule has 0 unspecified atom stereocenters. The average molecular weight is 379 g/mol. The lowest BCUT2D eigenvalue weighted by Gasteiger charge is -2.33. The molecule has 0 amide bonds. The predicted molar refractivity (Wildman–Crippen MR) is 113 cm³/mol. The van der Waals surface area contributed by atoms with Crippen LogP contribution in [0.5, 0.6) is 0 Å². The van der Waals surface area contributed by atoms with Crippen molar-refractivity contribution in [3.8, 4) is 0 Å². The molecule has 4 heteroatoms. The molecule has 0 aromatic rings. The van der Waals surface area contributed by atoms with Crippen molar-refractivity contribution in [3.05, 3.63) is 0 Å². The Morgan fingerprint density at radius 3 is 1.00 bits per heavy atom. The molecular weight excluding hydrogens is 332 g/mol. The minimum absolute atomic E-state index is 0.884. The Labute approximate surface area is 160 Å². The van der Waals surface area contributed by atoms with Crippen LogP contribution >= 0.6 is 10.9 Å². The minimum Gasteiger partial charge on any atom is -0.296 e. The molecule has 0 radical (unpaired) electrons. The van der Waals surface area contributed by atoms with Gasteiger partial charge in [-0.1, -0.05) is 103 Å². The van der Waals surface area contributed by atoms with E-state index in [1.807, 2.05) is 0 Å². The van der Waals surface area contributed by atoms with E-state index in [4.69, 9.17) is 12.5 Å². The topological polar surface area (TPSA) is 27.7 Å². The summed E-state index contributed by atoms with van der Waals surface area (Å²) in [5, 5.41) is 0. The van der Waals surface area contributed by atoms with Gasteiger partial charge in [0, 0.05) is 5.75 Å². The normalized spacial score (nSPS) is 12.6. The number of rotatable bonds is 20. The maximum atomic E-state index is 5.40. The molecule has 25 heavy (non-hydrogen) atoms. The van der Waals surface area contributed by atoms with E-state index in [0.29, 0.717) is 0 Å². The smallest absolute Gasteiger partial charge is 0.0879 e. The maximum absolute atomic E-state index is 5.40. The lowest BCUT2D eigenvalue weighted by atomic mass is 10.0. The predicted octanol–water partition coefficient (Wildman–Crippen LogP) is 7.74. The third-order valence-corrected chi connectivity index (χ3v) is 7.32. The fourth-order valence-corrected chi connectivity index (χ4v) is 4.75. The lowest BCUT2D eigenvalue weighted by Crippen LogP contribution is -2.11. The molecule has 0 aliphatic rings. The van der Waals surface area contributed by atoms with Crippen LogP contribution in [0.2, 0.25) is 0 Å². The maximum Gasteiger partial charge on any atom is 0.0879 e. The molecule has 0 aliphatic heterocycles. The standard InChI is InChI=1S/C21H46O3S/c1-5-6-7-8-9-10-11-12-13-14-15-16-17-18-19-20-21-25(22-2,23-3)24-4/h5-21H2,1-4H3. The van der Waals surface area contributed by atoms with Crippen molar-refractivity contribution < 1.29 is 12.5 Å². The Hall–Kier alpha value is 0.230. The van der Waals surface area contributed by atoms with E-state index >= 15 is 0 Å². The second-order valence-corrected chi connectivity index (χ2v) is 9.59. The second-order valence-electron chi connectivity index (χ2n) is 7.07. The Bertz CT molecular complexity index is 249. The Kier molecular flexibility index (Phi) is 19.2. The summed E-state index contributed by atoms with van der Waals surface area (Å²) in [6.45, 7) is 2.29. The Balaban J connectivity index is 3.21. The highest BCUT2D eigenvalue weighted by molar-refractivity contribution is 8.21. The van der Waals surface area contributed by atoms with Gasteiger partial charge in [0.2, 0.25) is 0 Å². The summed E-state index contributed by atoms with van der Waals surface area (Å²) in [6, 6.07) is 0. The van der Waals surface area contributed by atoms with Gasteiger partial charge in [0.25, 0.3) is 0 Å². The molecule has 3 nitrogen and oxygen atoms in total. The molecule has 0 N–H and O–H groups in total. The van der Waals surface area contributed by atoms with Crippen molar-refractivity contribution in [1.82, 2.24) is 0 Å². The first-order valence-corrected chi connectivity index (χ1v) is 12.3. The molecule has 0 aromatic carbocycles. The van der Waals surface area contributed by atoms with Gasteiger partial charge in [-0.3, -0.25) is 12.5 Å². The fourth-order valence-electron chi connectivity index (χ4n) is 3.28. The zero-order valence-corrected chi connectivity index (χ0v) is 18.5. The van der Waals surface area contributed by atoms with E-state index in [1.54, 1.807) is 21.3 Å². The quantitative estimate of drug-likeness (QED) is 0.203. The molecule has 154 valence electrons. The summed E-state index contributed by atoms with van der Waals surface area (Å²) in [5.41, 5.74) is 0. The molecule has 0 atom stereocenters. The zero-order chi connectivity index (χ0) is 18.6. The van der Waals surface area contributed by atoms with Crippen LogP contribution in [-0.4, -0.2) is 27.1 Å². The van der Waals surface area contributed by atoms with E-state index in [1.165, 1.54) is 96.3 Å². The Morgan fingerprint density at radius 2 is 0.720 bits per heavy atom. The molecule has 0 rings (SSSR count). The lowest BCUT2D eigenvalue weighted by molar-refractivity contribution is 0.247. The third-order valence-electron chi connectivity index (χ3n) is 5.01. The van der Waals surface area contributed by atoms with Crippen LogP contribution < -0.4 is 0 Å². The minimum atomic E-state index is -1.73. The van der Waals surface area contributed by atoms with Gasteiger partial charge in [0.05, 0.1) is 32.2 Å². The number of hydrogen-bond acceptors (Lipinski definition) is 3. The third kappa shape index (κ3) is 15.0. The van der Waals surface area contributed by atoms with E-state index in [9.17, 15) is 0 Å². The molecular formula is C21H46O3S. The largest absolute Gasteiger partial charge is 0.296 e. The van der Waals surface area contributed by atoms with Gasteiger partial charge in [-0.2, -0.15) is 0 Å². The van der Waals surface area contributed by atoms with Crippen molar-refractivity contribution in [3.63, 3.8) is 0 Å². The van der Waals surface area contributed by atoms with Crippen LogP contribution in [0.1, 0.15) is 110 Å². The first-order valence-electron chi connectivity index (χ1n) is 10.7. The molecule has 0 aliphatic carbocycles. The summed E-state index contributed by atoms with van der Waals surface area (Å²) >= 11 is 0. The molecule has 0 bridgehead atoms. The van der Waals surface area contributed by atoms with Gasteiger partial charge in [-0.25, -0.2) is 0 Å². The van der Waals surface area contributed by atoms with Crippen LogP contribution in [-0.2, 0) is 12.5 Å². The fraction of sp³-hybridized carbons (Fsp3) is 1.00. The van der Waals surface area contributed by atoms with Crippen molar-refractivity contribution >= 4 is 10.9 Å². The van der Waals surface area contributed by atoms with Crippen LogP contribution in [0.15, 0.2) is 0 Å². The van der Waals surface area contributed by atoms with Crippen molar-refractivity contribution in [2.75, 3.05) is 27.1 Å². The van der Waals surface area contributed by atoms with Crippen LogP contribution in [0.3, 0.4) is 0 Å². The van der Waals surface area contributed by atoms with Gasteiger partial charge in [0.1, 0.15) is 0 Å². The van der Waals surface area contributed by atoms with Crippen molar-refractivity contribution in [1.29, 1.82) is 0 Å². The van der Waals surface area contributed by atoms with Crippen molar-refractivity contribution in [2.45, 2.75) is 110 Å². The van der Waals surface area contributed by atoms with Gasteiger partial charge in [0.15, 0.2) is 0 Å². The van der Waals surface area contributed by atoms with Gasteiger partial charge < -0.3 is 0 Å². The second kappa shape index (κ2) is 19.0. The highest BCUT2D eigenvalue weighted by Gasteiger charge is 2.21. The first kappa shape index (κ1) is 25.2. The highest BCUT2D eigenvalue weighted by atomic mass is 32.3. The van der Waals surface area contributed by atoms with E-state index in [2.05, 4.69) is 6.92 Å². The van der Waals surface area contributed by atoms with Crippen LogP contribution in [0, 0.1) is 0 Å². The SMILES string of the molecule is CCCCCCCCCCCCCCCCCCS(OC)(OC)OC. The summed E-state index contributed by atoms with van der Waals surface area (Å²) in [4.78, 5) is 0. The summed E-state index contributed by atoms with van der Waals surface area (Å²) in [7, 11) is 3.30. The molecule has 0 fully saturated rings. The monoisotopic (exact) mass is 378 g/mol. The molecule has 0 spiro atoms. The average Bonchev–Trinajstić information content (AvgIpc) is 2.65. The van der Waals surface area contributed by atoms with E-state index in [-0.39, 0.29) is 0 Å². The molecule has 0 heterocycles. The van der Waals surface area contributed by atoms with Crippen LogP contribution in [0.4, 0.5) is 0 Å². The number of hydrogen-bond donors (Lipinski definition) is 0. The van der Waals surface area contributed by atoms with E-state index < -0.39 is 10.9 Å².